The van der Waals surface area contributed by atoms with E-state index in [2.05, 4.69) is 4.90 Å². The third-order valence-electron chi connectivity index (χ3n) is 4.67. The molecule has 0 amide bonds. The lowest BCUT2D eigenvalue weighted by atomic mass is 10.1. The number of piperidine rings is 1. The monoisotopic (exact) mass is 349 g/mol. The Balaban J connectivity index is 1.78. The van der Waals surface area contributed by atoms with Crippen LogP contribution in [0.3, 0.4) is 0 Å². The molecule has 1 saturated heterocycles. The van der Waals surface area contributed by atoms with Gasteiger partial charge in [-0.1, -0.05) is 30.3 Å². The summed E-state index contributed by atoms with van der Waals surface area (Å²) in [7, 11) is 0. The highest BCUT2D eigenvalue weighted by Crippen LogP contribution is 2.27. The Labute approximate surface area is 152 Å². The van der Waals surface area contributed by atoms with Crippen molar-refractivity contribution in [2.75, 3.05) is 18.0 Å². The van der Waals surface area contributed by atoms with Gasteiger partial charge < -0.3 is 10.0 Å². The van der Waals surface area contributed by atoms with Crippen molar-refractivity contribution in [2.24, 2.45) is 0 Å². The number of hydrogen-bond donors (Lipinski definition) is 1. The van der Waals surface area contributed by atoms with Crippen LogP contribution >= 0.6 is 0 Å². The van der Waals surface area contributed by atoms with Crippen LogP contribution in [-0.4, -0.2) is 34.3 Å². The third-order valence-corrected chi connectivity index (χ3v) is 4.67. The molecule has 2 heterocycles. The fourth-order valence-electron chi connectivity index (χ4n) is 3.18. The second kappa shape index (κ2) is 7.22. The molecule has 0 radical (unpaired) electrons. The molecule has 4 nitrogen and oxygen atoms in total. The number of nitrogens with zero attached hydrogens (tertiary/aromatic N) is 3. The number of aliphatic hydroxyl groups excluding tert-OH is 1. The number of aliphatic hydroxyl groups is 1. The van der Waals surface area contributed by atoms with E-state index in [1.165, 1.54) is 12.1 Å². The maximum atomic E-state index is 13.3. The summed E-state index contributed by atoms with van der Waals surface area (Å²) in [5.74, 6) is 1.22. The Bertz CT molecular complexity index is 876. The van der Waals surface area contributed by atoms with E-state index in [-0.39, 0.29) is 11.9 Å². The van der Waals surface area contributed by atoms with Gasteiger partial charge in [0.2, 0.25) is 0 Å². The normalized spacial score (nSPS) is 15.2. The lowest BCUT2D eigenvalue weighted by Gasteiger charge is -2.30. The predicted molar refractivity (Wildman–Crippen MR) is 100 cm³/mol. The fraction of sp³-hybridized carbons (Fsp3) is 0.238. The summed E-state index contributed by atoms with van der Waals surface area (Å²) >= 11 is 0. The molecule has 0 spiro atoms. The first-order valence-electron chi connectivity index (χ1n) is 8.82. The summed E-state index contributed by atoms with van der Waals surface area (Å²) in [5.41, 5.74) is 2.55. The maximum Gasteiger partial charge on any atom is 0.162 e. The molecule has 2 aromatic carbocycles. The van der Waals surface area contributed by atoms with Gasteiger partial charge in [-0.3, -0.25) is 0 Å². The van der Waals surface area contributed by atoms with Gasteiger partial charge in [0, 0.05) is 30.3 Å². The van der Waals surface area contributed by atoms with Crippen molar-refractivity contribution in [2.45, 2.75) is 18.9 Å². The zero-order valence-corrected chi connectivity index (χ0v) is 14.3. The van der Waals surface area contributed by atoms with Gasteiger partial charge in [-0.05, 0) is 37.1 Å². The van der Waals surface area contributed by atoms with E-state index < -0.39 is 0 Å². The van der Waals surface area contributed by atoms with E-state index >= 15 is 0 Å². The molecule has 132 valence electrons. The summed E-state index contributed by atoms with van der Waals surface area (Å²) in [5, 5.41) is 9.77. The van der Waals surface area contributed by atoms with E-state index in [0.29, 0.717) is 5.82 Å². The van der Waals surface area contributed by atoms with Gasteiger partial charge in [0.05, 0.1) is 11.8 Å². The van der Waals surface area contributed by atoms with Gasteiger partial charge in [0.15, 0.2) is 5.82 Å². The highest BCUT2D eigenvalue weighted by molar-refractivity contribution is 5.68. The summed E-state index contributed by atoms with van der Waals surface area (Å²) < 4.78 is 13.3. The lowest BCUT2D eigenvalue weighted by Crippen LogP contribution is -2.36. The molecule has 4 rings (SSSR count). The number of rotatable bonds is 3. The second-order valence-electron chi connectivity index (χ2n) is 6.53. The SMILES string of the molecule is OC1CCN(c2cc(-c3ccc(F)cc3)nc(-c3ccccc3)n2)CC1. The summed E-state index contributed by atoms with van der Waals surface area (Å²) in [4.78, 5) is 11.6. The molecule has 0 saturated carbocycles. The Morgan fingerprint density at radius 2 is 1.58 bits per heavy atom. The molecule has 5 heteroatoms. The highest BCUT2D eigenvalue weighted by Gasteiger charge is 2.20. The van der Waals surface area contributed by atoms with Crippen LogP contribution in [0.4, 0.5) is 10.2 Å². The van der Waals surface area contributed by atoms with Crippen LogP contribution in [0, 0.1) is 5.82 Å². The van der Waals surface area contributed by atoms with Crippen LogP contribution < -0.4 is 4.90 Å². The Morgan fingerprint density at radius 1 is 0.885 bits per heavy atom. The van der Waals surface area contributed by atoms with E-state index in [4.69, 9.17) is 9.97 Å². The molecule has 1 aliphatic rings. The minimum absolute atomic E-state index is 0.238. The van der Waals surface area contributed by atoms with Crippen LogP contribution in [-0.2, 0) is 0 Å². The van der Waals surface area contributed by atoms with Gasteiger partial charge in [-0.25, -0.2) is 14.4 Å². The molecule has 1 aliphatic heterocycles. The summed E-state index contributed by atoms with van der Waals surface area (Å²) in [6.07, 6.45) is 1.23. The minimum atomic E-state index is -0.267. The molecular weight excluding hydrogens is 329 g/mol. The van der Waals surface area contributed by atoms with Crippen LogP contribution in [0.2, 0.25) is 0 Å². The van der Waals surface area contributed by atoms with Crippen molar-refractivity contribution < 1.29 is 9.50 Å². The van der Waals surface area contributed by atoms with Gasteiger partial charge in [-0.2, -0.15) is 0 Å². The Morgan fingerprint density at radius 3 is 2.27 bits per heavy atom. The van der Waals surface area contributed by atoms with Gasteiger partial charge >= 0.3 is 0 Å². The minimum Gasteiger partial charge on any atom is -0.393 e. The van der Waals surface area contributed by atoms with Gasteiger partial charge in [0.25, 0.3) is 0 Å². The van der Waals surface area contributed by atoms with E-state index in [1.807, 2.05) is 36.4 Å². The lowest BCUT2D eigenvalue weighted by molar-refractivity contribution is 0.145. The van der Waals surface area contributed by atoms with E-state index in [0.717, 1.165) is 48.6 Å². The quantitative estimate of drug-likeness (QED) is 0.779. The standard InChI is InChI=1S/C21H20FN3O/c22-17-8-6-15(7-9-17)19-14-20(25-12-10-18(26)11-13-25)24-21(23-19)16-4-2-1-3-5-16/h1-9,14,18,26H,10-13H2. The van der Waals surface area contributed by atoms with Crippen molar-refractivity contribution in [3.05, 3.63) is 66.5 Å². The molecule has 0 bridgehead atoms. The molecule has 1 fully saturated rings. The molecule has 3 aromatic rings. The smallest absolute Gasteiger partial charge is 0.162 e. The van der Waals surface area contributed by atoms with Crippen LogP contribution in [0.1, 0.15) is 12.8 Å². The highest BCUT2D eigenvalue weighted by atomic mass is 19.1. The van der Waals surface area contributed by atoms with Crippen molar-refractivity contribution >= 4 is 5.82 Å². The molecule has 0 atom stereocenters. The first kappa shape index (κ1) is 16.7. The van der Waals surface area contributed by atoms with Crippen LogP contribution in [0.25, 0.3) is 22.6 Å². The first-order valence-corrected chi connectivity index (χ1v) is 8.82. The molecular formula is C21H20FN3O. The third kappa shape index (κ3) is 3.58. The molecule has 1 aromatic heterocycles. The van der Waals surface area contributed by atoms with Crippen molar-refractivity contribution in [1.29, 1.82) is 0 Å². The summed E-state index contributed by atoms with van der Waals surface area (Å²) in [6, 6.07) is 18.1. The fourth-order valence-corrected chi connectivity index (χ4v) is 3.18. The van der Waals surface area contributed by atoms with Gasteiger partial charge in [-0.15, -0.1) is 0 Å². The van der Waals surface area contributed by atoms with Crippen molar-refractivity contribution in [3.8, 4) is 22.6 Å². The second-order valence-corrected chi connectivity index (χ2v) is 6.53. The predicted octanol–water partition coefficient (Wildman–Crippen LogP) is 3.91. The number of hydrogen-bond acceptors (Lipinski definition) is 4. The van der Waals surface area contributed by atoms with E-state index in [1.54, 1.807) is 12.1 Å². The van der Waals surface area contributed by atoms with Crippen LogP contribution in [0.15, 0.2) is 60.7 Å². The maximum absolute atomic E-state index is 13.3. The zero-order valence-electron chi connectivity index (χ0n) is 14.3. The zero-order chi connectivity index (χ0) is 17.9. The topological polar surface area (TPSA) is 49.2 Å². The van der Waals surface area contributed by atoms with E-state index in [9.17, 15) is 9.50 Å². The van der Waals surface area contributed by atoms with Crippen LogP contribution in [0.5, 0.6) is 0 Å². The van der Waals surface area contributed by atoms with Crippen molar-refractivity contribution in [3.63, 3.8) is 0 Å². The number of benzene rings is 2. The van der Waals surface area contributed by atoms with Gasteiger partial charge in [0.1, 0.15) is 11.6 Å². The summed E-state index contributed by atoms with van der Waals surface area (Å²) in [6.45, 7) is 1.52. The average Bonchev–Trinajstić information content (AvgIpc) is 2.69. The molecule has 0 aliphatic carbocycles. The number of aromatic nitrogens is 2. The Hall–Kier alpha value is -2.79. The molecule has 1 N–H and O–H groups in total. The number of halogens is 1. The van der Waals surface area contributed by atoms with Crippen molar-refractivity contribution in [1.82, 2.24) is 9.97 Å². The average molecular weight is 349 g/mol. The molecule has 26 heavy (non-hydrogen) atoms. The Kier molecular flexibility index (Phi) is 4.63. The largest absolute Gasteiger partial charge is 0.393 e. The first-order chi connectivity index (χ1) is 12.7. The number of anilines is 1. The molecule has 0 unspecified atom stereocenters.